The van der Waals surface area contributed by atoms with Crippen molar-refractivity contribution in [1.82, 2.24) is 10.6 Å². The van der Waals surface area contributed by atoms with Crippen LogP contribution in [0, 0.1) is 5.92 Å². The molecule has 0 aromatic rings. The van der Waals surface area contributed by atoms with Crippen molar-refractivity contribution in [3.05, 3.63) is 0 Å². The lowest BCUT2D eigenvalue weighted by molar-refractivity contribution is -0.139. The third-order valence-electron chi connectivity index (χ3n) is 2.51. The highest BCUT2D eigenvalue weighted by molar-refractivity contribution is 6.61. The van der Waals surface area contributed by atoms with E-state index in [-0.39, 0.29) is 24.8 Å². The second-order valence-corrected chi connectivity index (χ2v) is 9.70. The predicted molar refractivity (Wildman–Crippen MR) is 164 cm³/mol. The number of rotatable bonds is 7. The summed E-state index contributed by atoms with van der Waals surface area (Å²) in [6.45, 7) is 4.36. The SMILES string of the molecule is CC(C)COC(=O)Cl.Cl.Cl.[2H]C([2H])([2H])[C@]([2H])(N)C(N)=O.[2H]C([2H])([2H])[C@]([2H])(NC(=O)OC(C)(C)C)C(=O)O.[2H]C([2H])([2H])[C@]([2H])(NC(=O)OC(C)(C)C)C(N)=O. The first-order chi connectivity index (χ1) is 22.4. The van der Waals surface area contributed by atoms with Crippen molar-refractivity contribution in [2.45, 2.75) is 105 Å². The first-order valence-electron chi connectivity index (χ1n) is 16.9. The van der Waals surface area contributed by atoms with Gasteiger partial charge in [-0.05, 0) is 68.0 Å². The molecule has 0 aliphatic carbocycles. The Morgan fingerprint density at radius 1 is 0.833 bits per heavy atom. The molecule has 0 saturated heterocycles. The number of aliphatic carboxylic acids is 1. The second kappa shape index (κ2) is 25.9. The molecule has 0 saturated carbocycles. The van der Waals surface area contributed by atoms with Gasteiger partial charge in [0.05, 0.1) is 16.7 Å². The number of nitrogens with two attached hydrogens (primary N) is 3. The minimum atomic E-state index is -3.21. The van der Waals surface area contributed by atoms with E-state index in [1.807, 2.05) is 13.8 Å². The van der Waals surface area contributed by atoms with Crippen LogP contribution in [0.25, 0.3) is 0 Å². The van der Waals surface area contributed by atoms with Gasteiger partial charge in [-0.15, -0.1) is 24.8 Å². The van der Waals surface area contributed by atoms with Crippen molar-refractivity contribution < 1.29 is 64.5 Å². The van der Waals surface area contributed by atoms with Crippen LogP contribution in [0.15, 0.2) is 0 Å². The number of nitrogens with one attached hydrogen (secondary N) is 2. The van der Waals surface area contributed by atoms with Crippen LogP contribution in [0.1, 0.15) is 92.4 Å². The van der Waals surface area contributed by atoms with E-state index in [0.717, 1.165) is 0 Å². The molecule has 42 heavy (non-hydrogen) atoms. The Labute approximate surface area is 282 Å². The summed E-state index contributed by atoms with van der Waals surface area (Å²) < 4.78 is 97.0. The zero-order valence-corrected chi connectivity index (χ0v) is 26.7. The van der Waals surface area contributed by atoms with Gasteiger partial charge >= 0.3 is 23.6 Å². The molecule has 18 heteroatoms. The summed E-state index contributed by atoms with van der Waals surface area (Å²) in [5.74, 6) is -4.46. The third-order valence-corrected chi connectivity index (χ3v) is 2.62. The van der Waals surface area contributed by atoms with Gasteiger partial charge < -0.3 is 47.2 Å². The zero-order chi connectivity index (χ0) is 43.3. The average molecular weight is 687 g/mol. The fraction of sp³-hybridized carbons (Fsp3) is 0.750. The first-order valence-corrected chi connectivity index (χ1v) is 11.3. The monoisotopic (exact) mass is 685 g/mol. The normalized spacial score (nSPS) is 19.3. The number of hydrogen-bond donors (Lipinski definition) is 6. The fourth-order valence-corrected chi connectivity index (χ4v) is 1.22. The fourth-order valence-electron chi connectivity index (χ4n) is 1.16. The van der Waals surface area contributed by atoms with E-state index in [0.29, 0.717) is 12.5 Å². The minimum absolute atomic E-state index is 0. The molecule has 3 atom stereocenters. The lowest BCUT2D eigenvalue weighted by atomic mass is 10.2. The van der Waals surface area contributed by atoms with Crippen molar-refractivity contribution >= 4 is 71.8 Å². The number of halogens is 3. The molecule has 0 heterocycles. The van der Waals surface area contributed by atoms with Crippen LogP contribution < -0.4 is 27.8 Å². The number of primary amides is 2. The van der Waals surface area contributed by atoms with Gasteiger partial charge in [0.25, 0.3) is 0 Å². The summed E-state index contributed by atoms with van der Waals surface area (Å²) in [6, 6.07) is -8.71. The highest BCUT2D eigenvalue weighted by Crippen LogP contribution is 2.07. The zero-order valence-electron chi connectivity index (χ0n) is 36.3. The Bertz CT molecular complexity index is 1180. The van der Waals surface area contributed by atoms with Gasteiger partial charge in [0.1, 0.15) is 23.2 Å². The molecular weight excluding hydrogens is 625 g/mol. The van der Waals surface area contributed by atoms with E-state index in [1.54, 1.807) is 26.1 Å². The molecule has 0 aliphatic rings. The molecule has 15 nitrogen and oxygen atoms in total. The summed E-state index contributed by atoms with van der Waals surface area (Å²) in [7, 11) is 0. The van der Waals surface area contributed by atoms with Crippen molar-refractivity contribution in [1.29, 1.82) is 0 Å². The predicted octanol–water partition coefficient (Wildman–Crippen LogP) is 3.05. The van der Waals surface area contributed by atoms with Crippen LogP contribution in [0.4, 0.5) is 14.4 Å². The van der Waals surface area contributed by atoms with Crippen LogP contribution in [0.3, 0.4) is 0 Å². The topological polar surface area (TPSA) is 252 Å². The van der Waals surface area contributed by atoms with Gasteiger partial charge in [0.2, 0.25) is 11.8 Å². The van der Waals surface area contributed by atoms with Crippen molar-refractivity contribution in [2.24, 2.45) is 23.1 Å². The average Bonchev–Trinajstić information content (AvgIpc) is 2.83. The van der Waals surface area contributed by atoms with Crippen molar-refractivity contribution in [3.8, 4) is 0 Å². The van der Waals surface area contributed by atoms with Gasteiger partial charge in [-0.25, -0.2) is 14.4 Å². The number of ether oxygens (including phenoxy) is 3. The highest BCUT2D eigenvalue weighted by Gasteiger charge is 2.20. The maximum Gasteiger partial charge on any atom is 0.408 e. The van der Waals surface area contributed by atoms with E-state index in [1.165, 1.54) is 26.1 Å². The van der Waals surface area contributed by atoms with Crippen molar-refractivity contribution in [3.63, 3.8) is 0 Å². The number of carbonyl (C=O) groups excluding carboxylic acids is 5. The van der Waals surface area contributed by atoms with Gasteiger partial charge in [-0.2, -0.15) is 0 Å². The summed E-state index contributed by atoms with van der Waals surface area (Å²) in [6.07, 6.45) is -2.46. The Kier molecular flexibility index (Phi) is 17.3. The molecule has 0 rings (SSSR count). The minimum Gasteiger partial charge on any atom is -0.480 e. The van der Waals surface area contributed by atoms with E-state index in [9.17, 15) is 28.8 Å². The number of hydrogen-bond acceptors (Lipinski definition) is 10. The number of carbonyl (C=O) groups is 6. The quantitative estimate of drug-likeness (QED) is 0.168. The molecular formula is C24H50Cl3N5O10. The standard InChI is InChI=1S/C8H16N2O3.C8H15NO4.C5H9ClO2.C3H8N2O.2ClH/c1-5(6(9)11)10-7(12)13-8(2,3)4;1-5(6(10)11)9-7(12)13-8(2,3)4;1-4(2)3-8-5(6)7;1-2(4)3(5)6;;/h5H,1-4H3,(H2,9,11)(H,10,12);5H,1-4H3,(H,9,12)(H,10,11);4H,3H2,1-2H3;2H,4H2,1H3,(H2,5,6);2*1H/t2*5-;;2-;;/m00.0../s1/i2*1D3,5D;;1D3,2D;;. The molecule has 0 fully saturated rings. The maximum absolute atomic E-state index is 11.3. The van der Waals surface area contributed by atoms with Gasteiger partial charge in [0, 0.05) is 23.9 Å². The van der Waals surface area contributed by atoms with Crippen molar-refractivity contribution in [2.75, 3.05) is 6.61 Å². The number of alkyl carbamates (subject to hydrolysis) is 2. The molecule has 0 aromatic heterocycles. The van der Waals surface area contributed by atoms with E-state index in [2.05, 4.69) is 10.5 Å². The Hall–Kier alpha value is -2.75. The lowest BCUT2D eigenvalue weighted by Gasteiger charge is -2.20. The molecule has 252 valence electrons. The Balaban J connectivity index is -0.000000147. The summed E-state index contributed by atoms with van der Waals surface area (Å²) >= 11 is 4.86. The largest absolute Gasteiger partial charge is 0.480 e. The molecule has 0 radical (unpaired) electrons. The van der Waals surface area contributed by atoms with Gasteiger partial charge in [0.15, 0.2) is 0 Å². The van der Waals surface area contributed by atoms with E-state index < -0.39 is 85.2 Å². The molecule has 4 amide bonds. The number of carboxylic acids is 1. The molecule has 0 aliphatic heterocycles. The summed E-state index contributed by atoms with van der Waals surface area (Å²) in [5.41, 5.74) is 11.6. The van der Waals surface area contributed by atoms with Crippen LogP contribution >= 0.6 is 36.4 Å². The summed E-state index contributed by atoms with van der Waals surface area (Å²) in [5, 5.41) is 11.9. The number of carboxylic acid groups (broad SMARTS) is 1. The first kappa shape index (κ1) is 28.0. The highest BCUT2D eigenvalue weighted by atomic mass is 35.5. The maximum atomic E-state index is 11.3. The molecule has 0 spiro atoms. The van der Waals surface area contributed by atoms with E-state index in [4.69, 9.17) is 54.1 Å². The third kappa shape index (κ3) is 47.1. The molecule has 0 bridgehead atoms. The van der Waals surface area contributed by atoms with Crippen LogP contribution in [0.5, 0.6) is 0 Å². The van der Waals surface area contributed by atoms with Crippen LogP contribution in [-0.4, -0.2) is 76.4 Å². The lowest BCUT2D eigenvalue weighted by Crippen LogP contribution is -2.44. The smallest absolute Gasteiger partial charge is 0.408 e. The second-order valence-electron chi connectivity index (χ2n) is 9.39. The van der Waals surface area contributed by atoms with Gasteiger partial charge in [-0.3, -0.25) is 14.4 Å². The Morgan fingerprint density at radius 3 is 1.38 bits per heavy atom. The molecule has 0 aromatic carbocycles. The van der Waals surface area contributed by atoms with Gasteiger partial charge in [-0.1, -0.05) is 13.8 Å². The number of amides is 4. The Morgan fingerprint density at radius 2 is 1.21 bits per heavy atom. The van der Waals surface area contributed by atoms with Crippen LogP contribution in [-0.2, 0) is 28.6 Å². The molecule has 9 N–H and O–H groups in total. The van der Waals surface area contributed by atoms with Crippen LogP contribution in [0.2, 0.25) is 0 Å². The van der Waals surface area contributed by atoms with E-state index >= 15 is 0 Å². The summed E-state index contributed by atoms with van der Waals surface area (Å²) in [4.78, 5) is 64.4. The molecule has 0 unspecified atom stereocenters.